The number of Topliss-reactive ketones (excluding diaryl/α,β-unsaturated/α-hetero) is 1. The molecule has 2 aliphatic rings. The maximum absolute atomic E-state index is 12.8. The summed E-state index contributed by atoms with van der Waals surface area (Å²) >= 11 is 0. The van der Waals surface area contributed by atoms with Crippen molar-refractivity contribution in [2.45, 2.75) is 50.5 Å². The molecule has 27 heavy (non-hydrogen) atoms. The summed E-state index contributed by atoms with van der Waals surface area (Å²) in [5, 5.41) is 5.49. The molecule has 3 aromatic rings. The third-order valence-corrected chi connectivity index (χ3v) is 5.87. The lowest BCUT2D eigenvalue weighted by molar-refractivity contribution is -0.118. The van der Waals surface area contributed by atoms with Crippen LogP contribution in [0.2, 0.25) is 0 Å². The van der Waals surface area contributed by atoms with E-state index in [-0.39, 0.29) is 5.78 Å². The Morgan fingerprint density at radius 2 is 2.00 bits per heavy atom. The molecule has 2 aliphatic carbocycles. The molecular weight excluding hydrogens is 338 g/mol. The Morgan fingerprint density at radius 3 is 2.81 bits per heavy atom. The van der Waals surface area contributed by atoms with Gasteiger partial charge in [-0.15, -0.1) is 0 Å². The van der Waals surface area contributed by atoms with Crippen LogP contribution in [-0.4, -0.2) is 25.5 Å². The van der Waals surface area contributed by atoms with Crippen molar-refractivity contribution in [3.63, 3.8) is 0 Å². The molecule has 0 aliphatic heterocycles. The molecule has 1 fully saturated rings. The topological polar surface area (TPSA) is 65.0 Å². The first-order valence-corrected chi connectivity index (χ1v) is 9.47. The van der Waals surface area contributed by atoms with Crippen LogP contribution in [0.3, 0.4) is 0 Å². The second-order valence-corrected chi connectivity index (χ2v) is 7.45. The third kappa shape index (κ3) is 2.54. The minimum atomic E-state index is -0.394. The van der Waals surface area contributed by atoms with Gasteiger partial charge < -0.3 is 0 Å². The molecule has 6 nitrogen and oxygen atoms in total. The van der Waals surface area contributed by atoms with E-state index in [4.69, 9.17) is 6.57 Å². The second-order valence-electron chi connectivity index (χ2n) is 7.45. The van der Waals surface area contributed by atoms with Gasteiger partial charge in [0, 0.05) is 6.42 Å². The molecule has 2 heterocycles. The van der Waals surface area contributed by atoms with Gasteiger partial charge in [0.15, 0.2) is 17.1 Å². The fraction of sp³-hybridized carbons (Fsp3) is 0.381. The second kappa shape index (κ2) is 6.27. The van der Waals surface area contributed by atoms with E-state index in [0.717, 1.165) is 40.7 Å². The van der Waals surface area contributed by atoms with E-state index in [1.165, 1.54) is 19.3 Å². The van der Waals surface area contributed by atoms with Crippen molar-refractivity contribution in [2.75, 3.05) is 0 Å². The summed E-state index contributed by atoms with van der Waals surface area (Å²) < 4.78 is 2.03. The molecule has 5 rings (SSSR count). The van der Waals surface area contributed by atoms with E-state index < -0.39 is 5.92 Å². The summed E-state index contributed by atoms with van der Waals surface area (Å²) in [5.74, 6) is -0.271. The zero-order valence-electron chi connectivity index (χ0n) is 14.9. The van der Waals surface area contributed by atoms with Gasteiger partial charge in [-0.1, -0.05) is 37.5 Å². The van der Waals surface area contributed by atoms with Gasteiger partial charge in [-0.05, 0) is 24.0 Å². The molecule has 1 atom stereocenters. The highest BCUT2D eigenvalue weighted by Crippen LogP contribution is 2.39. The predicted molar refractivity (Wildman–Crippen MR) is 101 cm³/mol. The Kier molecular flexibility index (Phi) is 3.75. The monoisotopic (exact) mass is 357 g/mol. The number of aromatic nitrogens is 4. The Balaban J connectivity index is 1.61. The van der Waals surface area contributed by atoms with E-state index in [0.29, 0.717) is 18.2 Å². The van der Waals surface area contributed by atoms with Gasteiger partial charge >= 0.3 is 0 Å². The van der Waals surface area contributed by atoms with Crippen LogP contribution in [0.25, 0.3) is 15.9 Å². The number of carbonyl (C=O) groups is 1. The van der Waals surface area contributed by atoms with Gasteiger partial charge in [-0.25, -0.2) is 19.5 Å². The number of benzene rings is 1. The maximum Gasteiger partial charge on any atom is 0.187 e. The van der Waals surface area contributed by atoms with E-state index in [1.54, 1.807) is 12.4 Å². The Bertz CT molecular complexity index is 1090. The molecule has 1 saturated carbocycles. The van der Waals surface area contributed by atoms with Gasteiger partial charge in [-0.3, -0.25) is 4.79 Å². The molecule has 0 bridgehead atoms. The minimum absolute atomic E-state index is 0.123. The molecule has 0 spiro atoms. The molecule has 0 saturated heterocycles. The van der Waals surface area contributed by atoms with Crippen molar-refractivity contribution in [3.8, 4) is 0 Å². The van der Waals surface area contributed by atoms with E-state index in [1.807, 2.05) is 23.0 Å². The maximum atomic E-state index is 12.8. The van der Waals surface area contributed by atoms with E-state index in [2.05, 4.69) is 19.9 Å². The van der Waals surface area contributed by atoms with Crippen molar-refractivity contribution in [2.24, 2.45) is 0 Å². The zero-order chi connectivity index (χ0) is 18.4. The number of ketones is 1. The van der Waals surface area contributed by atoms with Crippen LogP contribution in [0.15, 0.2) is 30.7 Å². The van der Waals surface area contributed by atoms with E-state index >= 15 is 0 Å². The summed E-state index contributed by atoms with van der Waals surface area (Å²) in [4.78, 5) is 25.3. The molecule has 6 heteroatoms. The first-order valence-electron chi connectivity index (χ1n) is 9.47. The fourth-order valence-electron chi connectivity index (χ4n) is 4.56. The summed E-state index contributed by atoms with van der Waals surface area (Å²) in [6.07, 6.45) is 9.71. The van der Waals surface area contributed by atoms with Crippen molar-refractivity contribution >= 4 is 22.5 Å². The quantitative estimate of drug-likeness (QED) is 0.647. The fourth-order valence-corrected chi connectivity index (χ4v) is 4.56. The number of hydrogen-bond donors (Lipinski definition) is 0. The highest BCUT2D eigenvalue weighted by atomic mass is 16.1. The van der Waals surface area contributed by atoms with Crippen molar-refractivity contribution in [1.82, 2.24) is 19.7 Å². The highest BCUT2D eigenvalue weighted by Gasteiger charge is 2.35. The van der Waals surface area contributed by atoms with Crippen molar-refractivity contribution in [3.05, 3.63) is 59.0 Å². The van der Waals surface area contributed by atoms with Crippen LogP contribution in [0.1, 0.15) is 60.9 Å². The summed E-state index contributed by atoms with van der Waals surface area (Å²) in [5.41, 5.74) is 4.02. The first-order chi connectivity index (χ1) is 13.3. The molecule has 134 valence electrons. The molecule has 0 radical (unpaired) electrons. The Hall–Kier alpha value is -3.07. The molecule has 1 unspecified atom stereocenters. The molecular formula is C21H19N5O. The van der Waals surface area contributed by atoms with Crippen LogP contribution in [0, 0.1) is 6.57 Å². The zero-order valence-corrected chi connectivity index (χ0v) is 14.9. The van der Waals surface area contributed by atoms with Crippen LogP contribution in [0.4, 0.5) is 5.69 Å². The van der Waals surface area contributed by atoms with Gasteiger partial charge in [0.05, 0.1) is 35.8 Å². The summed E-state index contributed by atoms with van der Waals surface area (Å²) in [7, 11) is 0. The Labute approximate surface area is 157 Å². The van der Waals surface area contributed by atoms with Gasteiger partial charge in [-0.2, -0.15) is 5.10 Å². The lowest BCUT2D eigenvalue weighted by atomic mass is 9.94. The number of nitrogens with zero attached hydrogens (tertiary/aromatic N) is 5. The number of carbonyl (C=O) groups excluding carboxylic acids is 1. The van der Waals surface area contributed by atoms with Crippen LogP contribution in [-0.2, 0) is 11.2 Å². The number of fused-ring (bicyclic) bond motifs is 2. The standard InChI is InChI=1S/C21H19N5O/c1-22-14-7-8-16-13(9-14)10-18(27)19(16)20-17-11-25-26(21(17)24-12-23-20)15-5-3-2-4-6-15/h7-9,11-12,15,19H,2-6,10H2. The van der Waals surface area contributed by atoms with Crippen molar-refractivity contribution < 1.29 is 4.79 Å². The molecule has 2 aromatic heterocycles. The first kappa shape index (κ1) is 16.1. The summed E-state index contributed by atoms with van der Waals surface area (Å²) in [6.45, 7) is 7.19. The SMILES string of the molecule is [C-]#[N+]c1ccc2c(c1)CC(=O)C2c1ncnc2c1cnn2C1CCCCC1. The van der Waals surface area contributed by atoms with Crippen LogP contribution >= 0.6 is 0 Å². The van der Waals surface area contributed by atoms with Crippen LogP contribution in [0.5, 0.6) is 0 Å². The molecule has 0 amide bonds. The largest absolute Gasteiger partial charge is 0.298 e. The lowest BCUT2D eigenvalue weighted by Crippen LogP contribution is -2.15. The minimum Gasteiger partial charge on any atom is -0.298 e. The average molecular weight is 357 g/mol. The lowest BCUT2D eigenvalue weighted by Gasteiger charge is -2.22. The third-order valence-electron chi connectivity index (χ3n) is 5.87. The van der Waals surface area contributed by atoms with E-state index in [9.17, 15) is 4.79 Å². The molecule has 1 aromatic carbocycles. The predicted octanol–water partition coefficient (Wildman–Crippen LogP) is 4.14. The van der Waals surface area contributed by atoms with Crippen molar-refractivity contribution in [1.29, 1.82) is 0 Å². The van der Waals surface area contributed by atoms with Gasteiger partial charge in [0.1, 0.15) is 6.33 Å². The van der Waals surface area contributed by atoms with Gasteiger partial charge in [0.2, 0.25) is 0 Å². The number of hydrogen-bond acceptors (Lipinski definition) is 4. The van der Waals surface area contributed by atoms with Crippen LogP contribution < -0.4 is 0 Å². The number of rotatable bonds is 2. The Morgan fingerprint density at radius 1 is 1.15 bits per heavy atom. The highest BCUT2D eigenvalue weighted by molar-refractivity contribution is 5.98. The normalized spacial score (nSPS) is 20.0. The molecule has 0 N–H and O–H groups in total. The average Bonchev–Trinajstić information content (AvgIpc) is 3.28. The smallest absolute Gasteiger partial charge is 0.187 e. The van der Waals surface area contributed by atoms with Gasteiger partial charge in [0.25, 0.3) is 0 Å². The summed E-state index contributed by atoms with van der Waals surface area (Å²) in [6, 6.07) is 5.88.